The molecule has 2 N–H and O–H groups in total. The van der Waals surface area contributed by atoms with E-state index in [1.807, 2.05) is 6.92 Å². The molecule has 0 spiro atoms. The molecule has 9 nitrogen and oxygen atoms in total. The summed E-state index contributed by atoms with van der Waals surface area (Å²) in [4.78, 5) is 48.8. The van der Waals surface area contributed by atoms with E-state index in [0.717, 1.165) is 10.6 Å². The van der Waals surface area contributed by atoms with Gasteiger partial charge in [-0.3, -0.25) is 29.6 Å². The van der Waals surface area contributed by atoms with Crippen molar-refractivity contribution in [2.75, 3.05) is 25.6 Å². The minimum absolute atomic E-state index is 0.0244. The molecule has 0 aromatic heterocycles. The SMILES string of the molecule is COc1ccccc1NC(=O)COC(=O)[C@H]1CC(=O)N(NC(=O)c2ccc(C)cc2)C1. The molecule has 1 atom stereocenters. The highest BCUT2D eigenvalue weighted by atomic mass is 16.5. The van der Waals surface area contributed by atoms with Crippen LogP contribution in [0.1, 0.15) is 22.3 Å². The van der Waals surface area contributed by atoms with Crippen molar-refractivity contribution in [3.05, 3.63) is 59.7 Å². The second kappa shape index (κ2) is 9.75. The van der Waals surface area contributed by atoms with Gasteiger partial charge in [-0.15, -0.1) is 0 Å². The van der Waals surface area contributed by atoms with Gasteiger partial charge in [-0.1, -0.05) is 29.8 Å². The number of nitrogens with zero attached hydrogens (tertiary/aromatic N) is 1. The average molecular weight is 425 g/mol. The molecule has 162 valence electrons. The predicted molar refractivity (Wildman–Crippen MR) is 111 cm³/mol. The van der Waals surface area contributed by atoms with E-state index in [4.69, 9.17) is 9.47 Å². The first-order chi connectivity index (χ1) is 14.9. The molecular formula is C22H23N3O6. The minimum Gasteiger partial charge on any atom is -0.495 e. The van der Waals surface area contributed by atoms with Crippen molar-refractivity contribution in [1.82, 2.24) is 10.4 Å². The van der Waals surface area contributed by atoms with Crippen LogP contribution in [0.15, 0.2) is 48.5 Å². The molecule has 0 saturated carbocycles. The standard InChI is InChI=1S/C22H23N3O6/c1-14-7-9-15(10-8-14)21(28)24-25-12-16(11-20(25)27)22(29)31-13-19(26)23-17-5-3-4-6-18(17)30-2/h3-10,16H,11-13H2,1-2H3,(H,23,26)(H,24,28)/t16-/m0/s1. The Labute approximate surface area is 179 Å². The minimum atomic E-state index is -0.773. The van der Waals surface area contributed by atoms with Crippen LogP contribution in [0, 0.1) is 12.8 Å². The number of carbonyl (C=O) groups is 4. The quantitative estimate of drug-likeness (QED) is 0.653. The molecule has 1 fully saturated rings. The monoisotopic (exact) mass is 425 g/mol. The number of methoxy groups -OCH3 is 1. The number of anilines is 1. The van der Waals surface area contributed by atoms with Gasteiger partial charge in [0.25, 0.3) is 11.8 Å². The molecule has 1 aliphatic rings. The summed E-state index contributed by atoms with van der Waals surface area (Å²) < 4.78 is 10.2. The highest BCUT2D eigenvalue weighted by Gasteiger charge is 2.36. The second-order valence-electron chi connectivity index (χ2n) is 7.07. The van der Waals surface area contributed by atoms with Crippen molar-refractivity contribution in [3.8, 4) is 5.75 Å². The van der Waals surface area contributed by atoms with Gasteiger partial charge >= 0.3 is 5.97 Å². The lowest BCUT2D eigenvalue weighted by atomic mass is 10.1. The summed E-state index contributed by atoms with van der Waals surface area (Å²) in [5, 5.41) is 3.70. The molecule has 1 aliphatic heterocycles. The Morgan fingerprint density at radius 1 is 1.10 bits per heavy atom. The first kappa shape index (κ1) is 21.8. The number of nitrogens with one attached hydrogen (secondary N) is 2. The van der Waals surface area contributed by atoms with Gasteiger partial charge in [0.2, 0.25) is 5.91 Å². The number of hydrogen-bond acceptors (Lipinski definition) is 6. The Morgan fingerprint density at radius 2 is 1.81 bits per heavy atom. The van der Waals surface area contributed by atoms with Gasteiger partial charge in [-0.05, 0) is 31.2 Å². The van der Waals surface area contributed by atoms with Crippen LogP contribution in [0.4, 0.5) is 5.69 Å². The van der Waals surface area contributed by atoms with E-state index in [9.17, 15) is 19.2 Å². The van der Waals surface area contributed by atoms with Crippen LogP contribution >= 0.6 is 0 Å². The first-order valence-electron chi connectivity index (χ1n) is 9.65. The Hall–Kier alpha value is -3.88. The lowest BCUT2D eigenvalue weighted by Crippen LogP contribution is -2.43. The Bertz CT molecular complexity index is 989. The molecule has 0 unspecified atom stereocenters. The van der Waals surface area contributed by atoms with Gasteiger partial charge in [-0.25, -0.2) is 0 Å². The molecule has 9 heteroatoms. The zero-order chi connectivity index (χ0) is 22.4. The third-order valence-corrected chi connectivity index (χ3v) is 4.74. The fourth-order valence-electron chi connectivity index (χ4n) is 3.05. The highest BCUT2D eigenvalue weighted by Crippen LogP contribution is 2.23. The van der Waals surface area contributed by atoms with E-state index in [0.29, 0.717) is 17.0 Å². The average Bonchev–Trinajstić information content (AvgIpc) is 3.13. The second-order valence-corrected chi connectivity index (χ2v) is 7.07. The topological polar surface area (TPSA) is 114 Å². The molecule has 2 aromatic rings. The van der Waals surface area contributed by atoms with Crippen LogP contribution in [0.3, 0.4) is 0 Å². The fraction of sp³-hybridized carbons (Fsp3) is 0.273. The van der Waals surface area contributed by atoms with Crippen molar-refractivity contribution < 1.29 is 28.7 Å². The smallest absolute Gasteiger partial charge is 0.311 e. The molecule has 0 radical (unpaired) electrons. The molecular weight excluding hydrogens is 402 g/mol. The summed E-state index contributed by atoms with van der Waals surface area (Å²) in [5.74, 6) is -2.37. The van der Waals surface area contributed by atoms with Gasteiger partial charge in [0.15, 0.2) is 6.61 Å². The third-order valence-electron chi connectivity index (χ3n) is 4.74. The lowest BCUT2D eigenvalue weighted by molar-refractivity contribution is -0.151. The normalized spacial score (nSPS) is 15.4. The van der Waals surface area contributed by atoms with E-state index in [1.165, 1.54) is 7.11 Å². The van der Waals surface area contributed by atoms with E-state index < -0.39 is 36.2 Å². The van der Waals surface area contributed by atoms with Gasteiger partial charge in [0, 0.05) is 12.0 Å². The summed E-state index contributed by atoms with van der Waals surface area (Å²) in [6.45, 7) is 1.37. The number of esters is 1. The number of aryl methyl sites for hydroxylation is 1. The number of rotatable bonds is 7. The molecule has 2 aromatic carbocycles. The molecule has 3 amide bonds. The van der Waals surface area contributed by atoms with E-state index in [1.54, 1.807) is 48.5 Å². The third kappa shape index (κ3) is 5.59. The van der Waals surface area contributed by atoms with Crippen LogP contribution in [0.25, 0.3) is 0 Å². The Morgan fingerprint density at radius 3 is 2.52 bits per heavy atom. The summed E-state index contributed by atoms with van der Waals surface area (Å²) in [6, 6.07) is 13.7. The predicted octanol–water partition coefficient (Wildman–Crippen LogP) is 1.68. The van der Waals surface area contributed by atoms with Crippen LogP contribution in [-0.2, 0) is 19.1 Å². The largest absolute Gasteiger partial charge is 0.495 e. The van der Waals surface area contributed by atoms with Crippen LogP contribution in [0.5, 0.6) is 5.75 Å². The van der Waals surface area contributed by atoms with Crippen molar-refractivity contribution in [2.45, 2.75) is 13.3 Å². The number of amides is 3. The van der Waals surface area contributed by atoms with Gasteiger partial charge in [-0.2, -0.15) is 0 Å². The summed E-state index contributed by atoms with van der Waals surface area (Å²) in [5.41, 5.74) is 4.36. The van der Waals surface area contributed by atoms with Gasteiger partial charge in [0.05, 0.1) is 25.3 Å². The van der Waals surface area contributed by atoms with Crippen molar-refractivity contribution in [2.24, 2.45) is 5.92 Å². The molecule has 31 heavy (non-hydrogen) atoms. The summed E-state index contributed by atoms with van der Waals surface area (Å²) in [7, 11) is 1.48. The van der Waals surface area contributed by atoms with Gasteiger partial charge < -0.3 is 14.8 Å². The fourth-order valence-corrected chi connectivity index (χ4v) is 3.05. The maximum absolute atomic E-state index is 12.3. The summed E-state index contributed by atoms with van der Waals surface area (Å²) in [6.07, 6.45) is -0.110. The Balaban J connectivity index is 1.49. The van der Waals surface area contributed by atoms with E-state index in [-0.39, 0.29) is 13.0 Å². The van der Waals surface area contributed by atoms with Crippen molar-refractivity contribution in [1.29, 1.82) is 0 Å². The maximum atomic E-state index is 12.3. The highest BCUT2D eigenvalue weighted by molar-refractivity contribution is 5.97. The van der Waals surface area contributed by atoms with Crippen LogP contribution in [0.2, 0.25) is 0 Å². The maximum Gasteiger partial charge on any atom is 0.311 e. The number of carbonyl (C=O) groups excluding carboxylic acids is 4. The molecule has 0 aliphatic carbocycles. The molecule has 1 saturated heterocycles. The van der Waals surface area contributed by atoms with Crippen molar-refractivity contribution >= 4 is 29.4 Å². The zero-order valence-corrected chi connectivity index (χ0v) is 17.2. The van der Waals surface area contributed by atoms with E-state index >= 15 is 0 Å². The first-order valence-corrected chi connectivity index (χ1v) is 9.65. The molecule has 0 bridgehead atoms. The van der Waals surface area contributed by atoms with E-state index in [2.05, 4.69) is 10.7 Å². The number of benzene rings is 2. The lowest BCUT2D eigenvalue weighted by Gasteiger charge is -2.17. The number of ether oxygens (including phenoxy) is 2. The number of hydrogen-bond donors (Lipinski definition) is 2. The molecule has 3 rings (SSSR count). The van der Waals surface area contributed by atoms with Crippen molar-refractivity contribution in [3.63, 3.8) is 0 Å². The van der Waals surface area contributed by atoms with Crippen LogP contribution < -0.4 is 15.5 Å². The van der Waals surface area contributed by atoms with Crippen LogP contribution in [-0.4, -0.2) is 49.0 Å². The zero-order valence-electron chi connectivity index (χ0n) is 17.2. The Kier molecular flexibility index (Phi) is 6.86. The number of para-hydroxylation sites is 2. The molecule has 1 heterocycles. The van der Waals surface area contributed by atoms with Gasteiger partial charge in [0.1, 0.15) is 5.75 Å². The summed E-state index contributed by atoms with van der Waals surface area (Å²) >= 11 is 0. The number of hydrazine groups is 1.